The number of nitrogens with zero attached hydrogens (tertiary/aromatic N) is 2. The highest BCUT2D eigenvalue weighted by atomic mass is 19.1. The number of phenolic OH excluding ortho intramolecular Hbond substituents is 1. The van der Waals surface area contributed by atoms with Gasteiger partial charge in [-0.2, -0.15) is 0 Å². The summed E-state index contributed by atoms with van der Waals surface area (Å²) in [6.45, 7) is 14.7. The Morgan fingerprint density at radius 2 is 1.69 bits per heavy atom. The third-order valence-corrected chi connectivity index (χ3v) is 8.38. The van der Waals surface area contributed by atoms with Crippen LogP contribution in [0.15, 0.2) is 53.3 Å². The maximum Gasteiger partial charge on any atom is 0.407 e. The van der Waals surface area contributed by atoms with Crippen molar-refractivity contribution >= 4 is 17.9 Å². The van der Waals surface area contributed by atoms with E-state index in [4.69, 9.17) is 4.74 Å². The lowest BCUT2D eigenvalue weighted by Crippen LogP contribution is -2.65. The van der Waals surface area contributed by atoms with E-state index < -0.39 is 40.9 Å². The quantitative estimate of drug-likeness (QED) is 0.159. The number of unbranched alkanes of at least 4 members (excludes halogenated alkanes) is 1. The molecule has 0 bridgehead atoms. The van der Waals surface area contributed by atoms with Gasteiger partial charge in [0.1, 0.15) is 23.4 Å². The first-order valence-electron chi connectivity index (χ1n) is 16.6. The standard InChI is InChI=1S/C37H50FN5O6/c1-9-11-18-49-35(48)42-33(37(7,8)43(32(46)10-2)22-24-12-15-26(38)16-13-24)34(47)40-28(21-30-39-23(3)19-31(45)41-30)25-14-17-29(44)27(20-25)36(4,5)6/h12-17,19-20,28,33,44H,9-11,18,21-22H2,1-8H3,(H,40,47)(H,42,48)(H,39,41,45). The molecule has 2 aromatic carbocycles. The van der Waals surface area contributed by atoms with Gasteiger partial charge in [-0.05, 0) is 73.6 Å². The Morgan fingerprint density at radius 3 is 2.29 bits per heavy atom. The van der Waals surface area contributed by atoms with E-state index in [2.05, 4.69) is 20.6 Å². The molecule has 3 amide bonds. The van der Waals surface area contributed by atoms with Gasteiger partial charge in [0.05, 0.1) is 18.2 Å². The van der Waals surface area contributed by atoms with Gasteiger partial charge in [-0.1, -0.05) is 59.2 Å². The molecule has 3 rings (SSSR count). The second kappa shape index (κ2) is 16.6. The number of aromatic amines is 1. The zero-order valence-electron chi connectivity index (χ0n) is 29.8. The van der Waals surface area contributed by atoms with Crippen molar-refractivity contribution in [2.75, 3.05) is 6.61 Å². The summed E-state index contributed by atoms with van der Waals surface area (Å²) in [5.41, 5.74) is 0.265. The molecule has 0 aliphatic carbocycles. The number of aromatic nitrogens is 2. The fourth-order valence-corrected chi connectivity index (χ4v) is 5.57. The van der Waals surface area contributed by atoms with Crippen molar-refractivity contribution in [3.63, 3.8) is 0 Å². The number of amides is 3. The van der Waals surface area contributed by atoms with Crippen LogP contribution in [0.25, 0.3) is 0 Å². The summed E-state index contributed by atoms with van der Waals surface area (Å²) in [7, 11) is 0. The van der Waals surface area contributed by atoms with Crippen molar-refractivity contribution in [1.82, 2.24) is 25.5 Å². The summed E-state index contributed by atoms with van der Waals surface area (Å²) in [6, 6.07) is 9.98. The van der Waals surface area contributed by atoms with E-state index in [1.54, 1.807) is 58.0 Å². The average Bonchev–Trinajstić information content (AvgIpc) is 3.01. The van der Waals surface area contributed by atoms with Gasteiger partial charge in [0.15, 0.2) is 0 Å². The van der Waals surface area contributed by atoms with Crippen molar-refractivity contribution in [2.24, 2.45) is 0 Å². The summed E-state index contributed by atoms with van der Waals surface area (Å²) < 4.78 is 19.1. The summed E-state index contributed by atoms with van der Waals surface area (Å²) in [5, 5.41) is 16.4. The Balaban J connectivity index is 2.11. The highest BCUT2D eigenvalue weighted by Gasteiger charge is 2.44. The predicted octanol–water partition coefficient (Wildman–Crippen LogP) is 5.73. The maximum absolute atomic E-state index is 14.5. The third kappa shape index (κ3) is 10.6. The minimum atomic E-state index is -1.33. The average molecular weight is 680 g/mol. The Morgan fingerprint density at radius 1 is 1.02 bits per heavy atom. The number of aryl methyl sites for hydroxylation is 1. The zero-order valence-corrected chi connectivity index (χ0v) is 29.8. The van der Waals surface area contributed by atoms with E-state index in [0.29, 0.717) is 34.6 Å². The number of H-pyrrole nitrogens is 1. The van der Waals surface area contributed by atoms with E-state index in [0.717, 1.165) is 6.42 Å². The lowest BCUT2D eigenvalue weighted by Gasteiger charge is -2.43. The second-order valence-electron chi connectivity index (χ2n) is 13.8. The number of carbonyl (C=O) groups excluding carboxylic acids is 3. The predicted molar refractivity (Wildman–Crippen MR) is 185 cm³/mol. The largest absolute Gasteiger partial charge is 0.508 e. The SMILES string of the molecule is CCCCOC(=O)NC(C(=O)NC(Cc1nc(C)cc(=O)[nH]1)c1ccc(O)c(C(C)(C)C)c1)C(C)(C)N(Cc1ccc(F)cc1)C(=O)CC. The van der Waals surface area contributed by atoms with E-state index in [-0.39, 0.29) is 43.2 Å². The smallest absolute Gasteiger partial charge is 0.407 e. The van der Waals surface area contributed by atoms with Crippen molar-refractivity contribution in [3.05, 3.63) is 92.9 Å². The molecule has 0 aliphatic heterocycles. The first-order valence-corrected chi connectivity index (χ1v) is 16.6. The number of phenols is 1. The van der Waals surface area contributed by atoms with Gasteiger partial charge in [0, 0.05) is 31.1 Å². The van der Waals surface area contributed by atoms with Gasteiger partial charge in [0.2, 0.25) is 11.8 Å². The monoisotopic (exact) mass is 679 g/mol. The topological polar surface area (TPSA) is 154 Å². The lowest BCUT2D eigenvalue weighted by molar-refractivity contribution is -0.141. The van der Waals surface area contributed by atoms with Crippen molar-refractivity contribution in [3.8, 4) is 5.75 Å². The van der Waals surface area contributed by atoms with Crippen LogP contribution in [0.5, 0.6) is 5.75 Å². The van der Waals surface area contributed by atoms with Gasteiger partial charge in [-0.15, -0.1) is 0 Å². The van der Waals surface area contributed by atoms with Crippen LogP contribution in [-0.4, -0.2) is 56.1 Å². The fourth-order valence-electron chi connectivity index (χ4n) is 5.57. The fraction of sp³-hybridized carbons (Fsp3) is 0.486. The van der Waals surface area contributed by atoms with Gasteiger partial charge in [-0.25, -0.2) is 14.2 Å². The second-order valence-corrected chi connectivity index (χ2v) is 13.8. The Labute approximate surface area is 287 Å². The molecule has 0 saturated heterocycles. The lowest BCUT2D eigenvalue weighted by atomic mass is 9.84. The van der Waals surface area contributed by atoms with Crippen molar-refractivity contribution in [1.29, 1.82) is 0 Å². The molecule has 0 spiro atoms. The molecule has 266 valence electrons. The molecule has 1 heterocycles. The maximum atomic E-state index is 14.5. The highest BCUT2D eigenvalue weighted by molar-refractivity contribution is 5.88. The molecule has 0 saturated carbocycles. The number of hydrogen-bond acceptors (Lipinski definition) is 7. The van der Waals surface area contributed by atoms with Gasteiger partial charge in [0.25, 0.3) is 5.56 Å². The molecule has 11 nitrogen and oxygen atoms in total. The van der Waals surface area contributed by atoms with Gasteiger partial charge in [-0.3, -0.25) is 14.4 Å². The van der Waals surface area contributed by atoms with E-state index in [1.807, 2.05) is 27.7 Å². The number of carbonyl (C=O) groups is 3. The molecule has 2 atom stereocenters. The number of halogens is 1. The molecule has 3 aromatic rings. The molecular formula is C37H50FN5O6. The summed E-state index contributed by atoms with van der Waals surface area (Å²) in [5.74, 6) is -0.934. The highest BCUT2D eigenvalue weighted by Crippen LogP contribution is 2.34. The van der Waals surface area contributed by atoms with Crippen LogP contribution in [0.2, 0.25) is 0 Å². The zero-order chi connectivity index (χ0) is 36.5. The van der Waals surface area contributed by atoms with E-state index in [1.165, 1.54) is 23.1 Å². The number of aromatic hydroxyl groups is 1. The third-order valence-electron chi connectivity index (χ3n) is 8.38. The number of nitrogens with one attached hydrogen (secondary N) is 3. The van der Waals surface area contributed by atoms with Crippen LogP contribution in [0, 0.1) is 12.7 Å². The van der Waals surface area contributed by atoms with Gasteiger partial charge >= 0.3 is 6.09 Å². The van der Waals surface area contributed by atoms with Crippen LogP contribution >= 0.6 is 0 Å². The molecule has 4 N–H and O–H groups in total. The summed E-state index contributed by atoms with van der Waals surface area (Å²) in [4.78, 5) is 62.1. The minimum Gasteiger partial charge on any atom is -0.508 e. The van der Waals surface area contributed by atoms with Crippen LogP contribution in [-0.2, 0) is 32.7 Å². The molecule has 0 radical (unpaired) electrons. The van der Waals surface area contributed by atoms with E-state index >= 15 is 0 Å². The van der Waals surface area contributed by atoms with Crippen molar-refractivity contribution < 1.29 is 28.6 Å². The Bertz CT molecular complexity index is 1660. The first kappa shape index (κ1) is 38.7. The minimum absolute atomic E-state index is 0.0427. The Hall–Kier alpha value is -4.74. The van der Waals surface area contributed by atoms with Crippen LogP contribution in [0.3, 0.4) is 0 Å². The van der Waals surface area contributed by atoms with Crippen LogP contribution < -0.4 is 16.2 Å². The summed E-state index contributed by atoms with van der Waals surface area (Å²) in [6.07, 6.45) is 0.766. The number of ether oxygens (including phenoxy) is 1. The number of alkyl carbamates (subject to hydrolysis) is 1. The summed E-state index contributed by atoms with van der Waals surface area (Å²) >= 11 is 0. The number of hydrogen-bond donors (Lipinski definition) is 4. The van der Waals surface area contributed by atoms with Crippen LogP contribution in [0.4, 0.5) is 9.18 Å². The van der Waals surface area contributed by atoms with Crippen molar-refractivity contribution in [2.45, 2.75) is 111 Å². The molecule has 12 heteroatoms. The molecular weight excluding hydrogens is 629 g/mol. The molecule has 0 aliphatic rings. The Kier molecular flexibility index (Phi) is 13.1. The van der Waals surface area contributed by atoms with E-state index in [9.17, 15) is 28.7 Å². The molecule has 2 unspecified atom stereocenters. The molecule has 1 aromatic heterocycles. The normalized spacial score (nSPS) is 12.9. The van der Waals surface area contributed by atoms with Gasteiger partial charge < -0.3 is 30.4 Å². The molecule has 49 heavy (non-hydrogen) atoms. The first-order chi connectivity index (χ1) is 23.0. The number of rotatable bonds is 14. The number of benzene rings is 2. The molecule has 0 fully saturated rings. The van der Waals surface area contributed by atoms with Crippen LogP contribution in [0.1, 0.15) is 102 Å².